The lowest BCUT2D eigenvalue weighted by atomic mass is 10.0. The van der Waals surface area contributed by atoms with Gasteiger partial charge >= 0.3 is 17.9 Å². The number of esters is 1. The van der Waals surface area contributed by atoms with Crippen molar-refractivity contribution in [3.05, 3.63) is 41.0 Å². The van der Waals surface area contributed by atoms with E-state index in [4.69, 9.17) is 14.9 Å². The molecule has 0 aromatic heterocycles. The first-order valence-corrected chi connectivity index (χ1v) is 5.23. The second-order valence-electron chi connectivity index (χ2n) is 3.89. The molecule has 0 spiro atoms. The van der Waals surface area contributed by atoms with Crippen LogP contribution in [0.4, 0.5) is 0 Å². The lowest BCUT2D eigenvalue weighted by molar-refractivity contribution is -0.130. The highest BCUT2D eigenvalue weighted by molar-refractivity contribution is 6.00. The van der Waals surface area contributed by atoms with Gasteiger partial charge in [0.25, 0.3) is 0 Å². The van der Waals surface area contributed by atoms with Crippen LogP contribution < -0.4 is 4.74 Å². The van der Waals surface area contributed by atoms with E-state index in [0.29, 0.717) is 0 Å². The molecule has 0 aliphatic heterocycles. The predicted molar refractivity (Wildman–Crippen MR) is 65.5 cm³/mol. The molecule has 0 bridgehead atoms. The van der Waals surface area contributed by atoms with Gasteiger partial charge in [-0.15, -0.1) is 0 Å². The van der Waals surface area contributed by atoms with E-state index in [-0.39, 0.29) is 28.0 Å². The molecule has 0 radical (unpaired) electrons. The maximum absolute atomic E-state index is 11.4. The lowest BCUT2D eigenvalue weighted by Gasteiger charge is -2.11. The molecular formula is C13H12O6. The number of hydrogen-bond donors (Lipinski definition) is 2. The first-order valence-electron chi connectivity index (χ1n) is 5.23. The van der Waals surface area contributed by atoms with Crippen LogP contribution >= 0.6 is 0 Å². The second kappa shape index (κ2) is 5.34. The molecule has 0 amide bonds. The molecule has 100 valence electrons. The van der Waals surface area contributed by atoms with Crippen molar-refractivity contribution in [3.63, 3.8) is 0 Å². The minimum atomic E-state index is -1.37. The summed E-state index contributed by atoms with van der Waals surface area (Å²) in [5.41, 5.74) is -0.384. The zero-order valence-corrected chi connectivity index (χ0v) is 10.4. The van der Waals surface area contributed by atoms with E-state index < -0.39 is 17.9 Å². The molecular weight excluding hydrogens is 252 g/mol. The summed E-state index contributed by atoms with van der Waals surface area (Å²) in [6.45, 7) is 6.13. The quantitative estimate of drug-likeness (QED) is 0.489. The smallest absolute Gasteiger partial charge is 0.339 e. The summed E-state index contributed by atoms with van der Waals surface area (Å²) in [7, 11) is 0. The van der Waals surface area contributed by atoms with Crippen molar-refractivity contribution < 1.29 is 29.3 Å². The number of benzene rings is 1. The Labute approximate surface area is 108 Å². The molecule has 6 nitrogen and oxygen atoms in total. The fraction of sp³-hybridized carbons (Fsp3) is 0.154. The molecule has 0 saturated heterocycles. The first kappa shape index (κ1) is 14.4. The summed E-state index contributed by atoms with van der Waals surface area (Å²) < 4.78 is 4.87. The monoisotopic (exact) mass is 264 g/mol. The Balaban J connectivity index is 3.38. The Bertz CT molecular complexity index is 585. The summed E-state index contributed by atoms with van der Waals surface area (Å²) >= 11 is 0. The molecule has 0 unspecified atom stereocenters. The van der Waals surface area contributed by atoms with Crippen molar-refractivity contribution >= 4 is 17.9 Å². The van der Waals surface area contributed by atoms with Gasteiger partial charge in [0.15, 0.2) is 0 Å². The number of rotatable bonds is 4. The molecule has 0 saturated carbocycles. The summed E-state index contributed by atoms with van der Waals surface area (Å²) in [6, 6.07) is 2.33. The van der Waals surface area contributed by atoms with Crippen LogP contribution in [0, 0.1) is 6.92 Å². The predicted octanol–water partition coefficient (Wildman–Crippen LogP) is 1.87. The molecule has 0 fully saturated rings. The minimum Gasteiger partial charge on any atom is -0.478 e. The van der Waals surface area contributed by atoms with Gasteiger partial charge in [-0.25, -0.2) is 14.4 Å². The fourth-order valence-electron chi connectivity index (χ4n) is 1.46. The minimum absolute atomic E-state index is 0.0204. The second-order valence-corrected chi connectivity index (χ2v) is 3.89. The normalized spacial score (nSPS) is 9.79. The number of aromatic carboxylic acids is 2. The van der Waals surface area contributed by atoms with Gasteiger partial charge in [-0.2, -0.15) is 0 Å². The van der Waals surface area contributed by atoms with Gasteiger partial charge in [-0.3, -0.25) is 0 Å². The largest absolute Gasteiger partial charge is 0.478 e. The Morgan fingerprint density at radius 3 is 2.16 bits per heavy atom. The number of carbonyl (C=O) groups excluding carboxylic acids is 1. The van der Waals surface area contributed by atoms with Gasteiger partial charge in [-0.05, 0) is 31.5 Å². The molecule has 19 heavy (non-hydrogen) atoms. The molecule has 0 atom stereocenters. The van der Waals surface area contributed by atoms with Crippen LogP contribution in [0.3, 0.4) is 0 Å². The van der Waals surface area contributed by atoms with Crippen LogP contribution in [0.2, 0.25) is 0 Å². The van der Waals surface area contributed by atoms with E-state index in [1.807, 2.05) is 0 Å². The Kier molecular flexibility index (Phi) is 4.06. The molecule has 0 aliphatic rings. The summed E-state index contributed by atoms with van der Waals surface area (Å²) in [4.78, 5) is 33.5. The van der Waals surface area contributed by atoms with E-state index in [1.165, 1.54) is 19.9 Å². The van der Waals surface area contributed by atoms with Crippen LogP contribution in [-0.2, 0) is 4.79 Å². The number of carboxylic acids is 2. The SMILES string of the molecule is C=C(C)C(=O)Oc1ccc(C(=O)O)c(C)c1C(=O)O. The van der Waals surface area contributed by atoms with Crippen LogP contribution in [0.25, 0.3) is 0 Å². The van der Waals surface area contributed by atoms with Gasteiger partial charge in [0.1, 0.15) is 11.3 Å². The Morgan fingerprint density at radius 1 is 1.16 bits per heavy atom. The van der Waals surface area contributed by atoms with Gasteiger partial charge in [0, 0.05) is 5.57 Å². The lowest BCUT2D eigenvalue weighted by Crippen LogP contribution is -2.14. The molecule has 6 heteroatoms. The van der Waals surface area contributed by atoms with Crippen LogP contribution in [0.5, 0.6) is 5.75 Å². The van der Waals surface area contributed by atoms with Gasteiger partial charge in [0.2, 0.25) is 0 Å². The molecule has 0 aliphatic carbocycles. The summed E-state index contributed by atoms with van der Waals surface area (Å²) in [5.74, 6) is -3.60. The van der Waals surface area contributed by atoms with E-state index in [0.717, 1.165) is 6.07 Å². The number of carbonyl (C=O) groups is 3. The van der Waals surface area contributed by atoms with Crippen molar-refractivity contribution in [2.45, 2.75) is 13.8 Å². The third kappa shape index (κ3) is 2.98. The van der Waals surface area contributed by atoms with E-state index in [9.17, 15) is 14.4 Å². The zero-order valence-electron chi connectivity index (χ0n) is 10.4. The molecule has 1 aromatic rings. The highest BCUT2D eigenvalue weighted by atomic mass is 16.5. The third-order valence-corrected chi connectivity index (χ3v) is 2.42. The van der Waals surface area contributed by atoms with Crippen molar-refractivity contribution in [1.82, 2.24) is 0 Å². The topological polar surface area (TPSA) is 101 Å². The maximum Gasteiger partial charge on any atom is 0.339 e. The Hall–Kier alpha value is -2.63. The fourth-order valence-corrected chi connectivity index (χ4v) is 1.46. The van der Waals surface area contributed by atoms with Crippen molar-refractivity contribution in [2.24, 2.45) is 0 Å². The number of carboxylic acid groups (broad SMARTS) is 2. The van der Waals surface area contributed by atoms with Gasteiger partial charge in [0.05, 0.1) is 5.56 Å². The van der Waals surface area contributed by atoms with Crippen LogP contribution in [0.15, 0.2) is 24.3 Å². The van der Waals surface area contributed by atoms with Crippen molar-refractivity contribution in [3.8, 4) is 5.75 Å². The van der Waals surface area contributed by atoms with E-state index >= 15 is 0 Å². The highest BCUT2D eigenvalue weighted by Crippen LogP contribution is 2.26. The van der Waals surface area contributed by atoms with Gasteiger partial charge in [-0.1, -0.05) is 6.58 Å². The summed E-state index contributed by atoms with van der Waals surface area (Å²) in [5, 5.41) is 18.0. The maximum atomic E-state index is 11.4. The third-order valence-electron chi connectivity index (χ3n) is 2.42. The van der Waals surface area contributed by atoms with Crippen molar-refractivity contribution in [2.75, 3.05) is 0 Å². The zero-order chi connectivity index (χ0) is 14.7. The molecule has 0 heterocycles. The standard InChI is InChI=1S/C13H12O6/c1-6(2)13(18)19-9-5-4-8(11(14)15)7(3)10(9)12(16)17/h4-5H,1H2,2-3H3,(H,14,15)(H,16,17). The van der Waals surface area contributed by atoms with Crippen LogP contribution in [-0.4, -0.2) is 28.1 Å². The Morgan fingerprint density at radius 2 is 1.74 bits per heavy atom. The highest BCUT2D eigenvalue weighted by Gasteiger charge is 2.22. The summed E-state index contributed by atoms with van der Waals surface area (Å²) in [6.07, 6.45) is 0. The molecule has 1 rings (SSSR count). The van der Waals surface area contributed by atoms with E-state index in [2.05, 4.69) is 6.58 Å². The van der Waals surface area contributed by atoms with Gasteiger partial charge < -0.3 is 14.9 Å². The number of ether oxygens (including phenoxy) is 1. The molecule has 2 N–H and O–H groups in total. The van der Waals surface area contributed by atoms with Crippen LogP contribution in [0.1, 0.15) is 33.2 Å². The number of hydrogen-bond acceptors (Lipinski definition) is 4. The molecule has 1 aromatic carbocycles. The van der Waals surface area contributed by atoms with E-state index in [1.54, 1.807) is 0 Å². The average Bonchev–Trinajstić information content (AvgIpc) is 2.27. The average molecular weight is 264 g/mol. The van der Waals surface area contributed by atoms with Crippen molar-refractivity contribution in [1.29, 1.82) is 0 Å². The first-order chi connectivity index (χ1) is 8.75.